The van der Waals surface area contributed by atoms with Crippen LogP contribution in [-0.2, 0) is 23.4 Å². The normalized spacial score (nSPS) is 14.5. The van der Waals surface area contributed by atoms with E-state index in [0.717, 1.165) is 17.2 Å². The molecular formula is C15H14N6O3S. The van der Waals surface area contributed by atoms with Gasteiger partial charge in [-0.15, -0.1) is 0 Å². The molecule has 0 saturated carbocycles. The summed E-state index contributed by atoms with van der Waals surface area (Å²) in [5, 5.41) is 7.58. The van der Waals surface area contributed by atoms with Crippen molar-refractivity contribution in [2.45, 2.75) is 11.7 Å². The zero-order valence-corrected chi connectivity index (χ0v) is 14.3. The lowest BCUT2D eigenvalue weighted by Gasteiger charge is -2.28. The summed E-state index contributed by atoms with van der Waals surface area (Å²) in [6.45, 7) is 0.240. The summed E-state index contributed by atoms with van der Waals surface area (Å²) in [6.07, 6.45) is 4.29. The maximum atomic E-state index is 12.4. The Kier molecular flexibility index (Phi) is 3.25. The summed E-state index contributed by atoms with van der Waals surface area (Å²) >= 11 is 0. The molecule has 2 amide bonds. The van der Waals surface area contributed by atoms with E-state index >= 15 is 0 Å². The number of carbonyl (C=O) groups excluding carboxylic acids is 1. The second-order valence-corrected chi connectivity index (χ2v) is 7.72. The number of amides is 2. The molecule has 1 N–H and O–H groups in total. The minimum absolute atomic E-state index is 0.240. The predicted molar refractivity (Wildman–Crippen MR) is 90.2 cm³/mol. The van der Waals surface area contributed by atoms with Gasteiger partial charge in [0.05, 0.1) is 11.2 Å². The number of urea groups is 1. The van der Waals surface area contributed by atoms with Crippen molar-refractivity contribution in [2.75, 3.05) is 11.2 Å². The summed E-state index contributed by atoms with van der Waals surface area (Å²) in [5.41, 5.74) is 2.00. The van der Waals surface area contributed by atoms with Crippen LogP contribution in [0, 0.1) is 0 Å². The lowest BCUT2D eigenvalue weighted by Crippen LogP contribution is -2.42. The zero-order chi connectivity index (χ0) is 17.8. The van der Waals surface area contributed by atoms with Crippen LogP contribution in [0.1, 0.15) is 5.56 Å². The molecule has 0 radical (unpaired) electrons. The molecule has 1 aliphatic heterocycles. The number of sulfone groups is 1. The first kappa shape index (κ1) is 15.5. The Morgan fingerprint density at radius 3 is 2.84 bits per heavy atom. The van der Waals surface area contributed by atoms with Crippen LogP contribution in [0.2, 0.25) is 0 Å². The van der Waals surface area contributed by atoms with E-state index in [1.807, 2.05) is 13.2 Å². The molecule has 1 aliphatic rings. The van der Waals surface area contributed by atoms with Crippen molar-refractivity contribution >= 4 is 38.3 Å². The number of benzene rings is 1. The third kappa shape index (κ3) is 2.60. The number of fused-ring (bicyclic) bond motifs is 2. The molecule has 0 atom stereocenters. The standard InChI is InChI=1S/C15H14N6O3S/c1-20-8-9-5-11(3-4-12(9)19-20)21-13-10(7-17-15(21)22)6-16-14(18-13)25(2,23)24/h3-6,8H,7H2,1-2H3,(H,17,22). The van der Waals surface area contributed by atoms with Crippen LogP contribution in [0.15, 0.2) is 35.7 Å². The molecule has 9 nitrogen and oxygen atoms in total. The molecule has 2 aromatic heterocycles. The minimum atomic E-state index is -3.58. The Bertz CT molecular complexity index is 1120. The van der Waals surface area contributed by atoms with E-state index < -0.39 is 9.84 Å². The van der Waals surface area contributed by atoms with Gasteiger partial charge in [-0.05, 0) is 18.2 Å². The highest BCUT2D eigenvalue weighted by Crippen LogP contribution is 2.32. The number of aryl methyl sites for hydroxylation is 1. The summed E-state index contributed by atoms with van der Waals surface area (Å²) in [7, 11) is -1.77. The lowest BCUT2D eigenvalue weighted by atomic mass is 10.2. The maximum absolute atomic E-state index is 12.4. The first-order valence-electron chi connectivity index (χ1n) is 7.40. The first-order valence-corrected chi connectivity index (χ1v) is 9.29. The second-order valence-electron chi connectivity index (χ2n) is 5.81. The van der Waals surface area contributed by atoms with Crippen LogP contribution in [0.3, 0.4) is 0 Å². The lowest BCUT2D eigenvalue weighted by molar-refractivity contribution is 0.246. The number of aromatic nitrogens is 4. The molecule has 128 valence electrons. The molecule has 3 aromatic rings. The average Bonchev–Trinajstić information content (AvgIpc) is 2.92. The van der Waals surface area contributed by atoms with Crippen molar-refractivity contribution in [1.82, 2.24) is 25.1 Å². The zero-order valence-electron chi connectivity index (χ0n) is 13.5. The van der Waals surface area contributed by atoms with Crippen molar-refractivity contribution in [3.05, 3.63) is 36.2 Å². The van der Waals surface area contributed by atoms with Crippen molar-refractivity contribution in [3.8, 4) is 0 Å². The highest BCUT2D eigenvalue weighted by atomic mass is 32.2. The Morgan fingerprint density at radius 2 is 2.08 bits per heavy atom. The average molecular weight is 358 g/mol. The van der Waals surface area contributed by atoms with Gasteiger partial charge in [0.15, 0.2) is 5.82 Å². The van der Waals surface area contributed by atoms with Crippen LogP contribution < -0.4 is 10.2 Å². The van der Waals surface area contributed by atoms with Gasteiger partial charge in [0.25, 0.3) is 0 Å². The fourth-order valence-corrected chi connectivity index (χ4v) is 3.24. The molecule has 0 spiro atoms. The Labute approximate surface area is 143 Å². The summed E-state index contributed by atoms with van der Waals surface area (Å²) in [5.74, 6) is 0.266. The Morgan fingerprint density at radius 1 is 1.28 bits per heavy atom. The van der Waals surface area contributed by atoms with Gasteiger partial charge in [-0.1, -0.05) is 0 Å². The smallest absolute Gasteiger partial charge is 0.327 e. The number of nitrogens with one attached hydrogen (secondary N) is 1. The number of hydrogen-bond acceptors (Lipinski definition) is 6. The summed E-state index contributed by atoms with van der Waals surface area (Å²) in [4.78, 5) is 21.8. The van der Waals surface area contributed by atoms with E-state index in [1.54, 1.807) is 22.9 Å². The monoisotopic (exact) mass is 358 g/mol. The highest BCUT2D eigenvalue weighted by Gasteiger charge is 2.29. The van der Waals surface area contributed by atoms with E-state index in [1.165, 1.54) is 11.1 Å². The quantitative estimate of drug-likeness (QED) is 0.688. The van der Waals surface area contributed by atoms with Crippen molar-refractivity contribution in [1.29, 1.82) is 0 Å². The highest BCUT2D eigenvalue weighted by molar-refractivity contribution is 7.90. The molecule has 25 heavy (non-hydrogen) atoms. The molecule has 0 aliphatic carbocycles. The minimum Gasteiger partial charge on any atom is -0.333 e. The van der Waals surface area contributed by atoms with Gasteiger partial charge in [0.2, 0.25) is 15.0 Å². The van der Waals surface area contributed by atoms with E-state index in [2.05, 4.69) is 20.4 Å². The van der Waals surface area contributed by atoms with E-state index in [4.69, 9.17) is 0 Å². The first-order chi connectivity index (χ1) is 11.8. The van der Waals surface area contributed by atoms with Crippen LogP contribution >= 0.6 is 0 Å². The van der Waals surface area contributed by atoms with Gasteiger partial charge in [0, 0.05) is 43.2 Å². The molecule has 4 rings (SSSR count). The van der Waals surface area contributed by atoms with Crippen LogP contribution in [-0.4, -0.2) is 40.5 Å². The van der Waals surface area contributed by atoms with Crippen LogP contribution in [0.4, 0.5) is 16.3 Å². The molecule has 0 unspecified atom stereocenters. The van der Waals surface area contributed by atoms with Gasteiger partial charge in [-0.25, -0.2) is 23.1 Å². The predicted octanol–water partition coefficient (Wildman–Crippen LogP) is 1.13. The molecule has 1 aromatic carbocycles. The maximum Gasteiger partial charge on any atom is 0.327 e. The van der Waals surface area contributed by atoms with E-state index in [0.29, 0.717) is 11.3 Å². The molecule has 0 fully saturated rings. The van der Waals surface area contributed by atoms with Gasteiger partial charge >= 0.3 is 6.03 Å². The van der Waals surface area contributed by atoms with E-state index in [9.17, 15) is 13.2 Å². The third-order valence-electron chi connectivity index (χ3n) is 3.86. The van der Waals surface area contributed by atoms with Gasteiger partial charge in [-0.2, -0.15) is 10.1 Å². The van der Waals surface area contributed by atoms with Crippen molar-refractivity contribution in [2.24, 2.45) is 7.05 Å². The van der Waals surface area contributed by atoms with Crippen LogP contribution in [0.25, 0.3) is 10.9 Å². The fraction of sp³-hybridized carbons (Fsp3) is 0.200. The molecular weight excluding hydrogens is 344 g/mol. The topological polar surface area (TPSA) is 110 Å². The van der Waals surface area contributed by atoms with Crippen LogP contribution in [0.5, 0.6) is 0 Å². The summed E-state index contributed by atoms with van der Waals surface area (Å²) < 4.78 is 25.2. The SMILES string of the molecule is Cn1cc2cc(N3C(=O)NCc4cnc(S(C)(=O)=O)nc43)ccc2n1. The number of nitrogens with zero attached hydrogens (tertiary/aromatic N) is 5. The number of hydrogen-bond donors (Lipinski definition) is 1. The fourth-order valence-electron chi connectivity index (χ4n) is 2.74. The van der Waals surface area contributed by atoms with Gasteiger partial charge < -0.3 is 5.32 Å². The van der Waals surface area contributed by atoms with Crippen molar-refractivity contribution < 1.29 is 13.2 Å². The molecule has 0 saturated heterocycles. The Hall–Kier alpha value is -3.01. The summed E-state index contributed by atoms with van der Waals surface area (Å²) in [6, 6.07) is 4.96. The molecule has 0 bridgehead atoms. The Balaban J connectivity index is 1.90. The van der Waals surface area contributed by atoms with Gasteiger partial charge in [-0.3, -0.25) is 4.68 Å². The number of carbonyl (C=O) groups is 1. The van der Waals surface area contributed by atoms with Gasteiger partial charge in [0.1, 0.15) is 0 Å². The van der Waals surface area contributed by atoms with E-state index in [-0.39, 0.29) is 23.6 Å². The number of anilines is 2. The number of rotatable bonds is 2. The molecule has 3 heterocycles. The largest absolute Gasteiger partial charge is 0.333 e. The van der Waals surface area contributed by atoms with Crippen molar-refractivity contribution in [3.63, 3.8) is 0 Å². The molecule has 10 heteroatoms. The second kappa shape index (κ2) is 5.24. The third-order valence-corrected chi connectivity index (χ3v) is 4.72.